The second kappa shape index (κ2) is 7.09. The van der Waals surface area contributed by atoms with Gasteiger partial charge in [0, 0.05) is 38.0 Å². The summed E-state index contributed by atoms with van der Waals surface area (Å²) in [7, 11) is 1.90. The van der Waals surface area contributed by atoms with Gasteiger partial charge in [0.05, 0.1) is 6.10 Å². The maximum Gasteiger partial charge on any atom is 0.270 e. The molecule has 1 saturated heterocycles. The average Bonchev–Trinajstić information content (AvgIpc) is 3.19. The predicted molar refractivity (Wildman–Crippen MR) is 92.0 cm³/mol. The van der Waals surface area contributed by atoms with Crippen molar-refractivity contribution in [1.82, 2.24) is 9.47 Å². The summed E-state index contributed by atoms with van der Waals surface area (Å²) in [5.74, 6) is 0.176. The highest BCUT2D eigenvalue weighted by Crippen LogP contribution is 2.22. The molecule has 1 aromatic heterocycles. The zero-order chi connectivity index (χ0) is 17.1. The van der Waals surface area contributed by atoms with E-state index in [0.717, 1.165) is 30.7 Å². The fourth-order valence-electron chi connectivity index (χ4n) is 3.09. The smallest absolute Gasteiger partial charge is 0.270 e. The first-order valence-corrected chi connectivity index (χ1v) is 8.36. The largest absolute Gasteiger partial charge is 0.508 e. The number of rotatable bonds is 5. The van der Waals surface area contributed by atoms with Gasteiger partial charge < -0.3 is 19.3 Å². The molecule has 0 aliphatic carbocycles. The molecule has 1 aromatic carbocycles. The fraction of sp³-hybridized carbons (Fsp3) is 0.421. The number of hydrogen-bond acceptors (Lipinski definition) is 3. The van der Waals surface area contributed by atoms with E-state index in [4.69, 9.17) is 4.74 Å². The van der Waals surface area contributed by atoms with E-state index in [9.17, 15) is 9.90 Å². The average molecular weight is 328 g/mol. The summed E-state index contributed by atoms with van der Waals surface area (Å²) in [6.07, 6.45) is 2.07. The lowest BCUT2D eigenvalue weighted by molar-refractivity contribution is 0.0498. The number of carbonyl (C=O) groups is 1. The zero-order valence-corrected chi connectivity index (χ0v) is 14.2. The van der Waals surface area contributed by atoms with Gasteiger partial charge in [0.2, 0.25) is 0 Å². The Balaban J connectivity index is 1.85. The van der Waals surface area contributed by atoms with Gasteiger partial charge in [-0.25, -0.2) is 0 Å². The van der Waals surface area contributed by atoms with E-state index in [-0.39, 0.29) is 17.8 Å². The quantitative estimate of drug-likeness (QED) is 0.918. The van der Waals surface area contributed by atoms with Crippen LogP contribution in [0.15, 0.2) is 36.4 Å². The van der Waals surface area contributed by atoms with Crippen LogP contribution in [0, 0.1) is 6.92 Å². The number of para-hydroxylation sites is 1. The van der Waals surface area contributed by atoms with Crippen LogP contribution in [-0.2, 0) is 18.3 Å². The topological polar surface area (TPSA) is 54.7 Å². The number of amides is 1. The lowest BCUT2D eigenvalue weighted by Crippen LogP contribution is -2.37. The predicted octanol–water partition coefficient (Wildman–Crippen LogP) is 2.86. The number of hydrogen-bond donors (Lipinski definition) is 1. The molecule has 3 rings (SSSR count). The van der Waals surface area contributed by atoms with Crippen LogP contribution >= 0.6 is 0 Å². The molecule has 1 atom stereocenters. The second-order valence-corrected chi connectivity index (χ2v) is 6.37. The van der Waals surface area contributed by atoms with Crippen molar-refractivity contribution in [2.45, 2.75) is 32.4 Å². The van der Waals surface area contributed by atoms with E-state index in [1.807, 2.05) is 42.8 Å². The van der Waals surface area contributed by atoms with Crippen molar-refractivity contribution in [3.05, 3.63) is 53.3 Å². The van der Waals surface area contributed by atoms with E-state index >= 15 is 0 Å². The highest BCUT2D eigenvalue weighted by atomic mass is 16.5. The summed E-state index contributed by atoms with van der Waals surface area (Å²) < 4.78 is 7.61. The monoisotopic (exact) mass is 328 g/mol. The first-order valence-electron chi connectivity index (χ1n) is 8.36. The van der Waals surface area contributed by atoms with E-state index in [1.54, 1.807) is 17.0 Å². The van der Waals surface area contributed by atoms with Crippen LogP contribution in [0.2, 0.25) is 0 Å². The Morgan fingerprint density at radius 3 is 2.75 bits per heavy atom. The number of phenols is 1. The number of aromatic nitrogens is 1. The summed E-state index contributed by atoms with van der Waals surface area (Å²) >= 11 is 0. The first kappa shape index (κ1) is 16.6. The molecule has 5 heteroatoms. The minimum atomic E-state index is -0.0376. The van der Waals surface area contributed by atoms with Crippen molar-refractivity contribution in [2.24, 2.45) is 7.05 Å². The Hall–Kier alpha value is -2.27. The SMILES string of the molecule is Cc1ccc(C(=O)N(Cc2ccccc2O)C[C@@H]2CCCO2)n1C. The lowest BCUT2D eigenvalue weighted by atomic mass is 10.1. The Bertz CT molecular complexity index is 717. The Morgan fingerprint density at radius 1 is 1.33 bits per heavy atom. The van der Waals surface area contributed by atoms with Crippen molar-refractivity contribution >= 4 is 5.91 Å². The van der Waals surface area contributed by atoms with Crippen molar-refractivity contribution in [3.63, 3.8) is 0 Å². The standard InChI is InChI=1S/C19H24N2O3/c1-14-9-10-17(20(14)2)19(23)21(13-16-7-5-11-24-16)12-15-6-3-4-8-18(15)22/h3-4,6,8-10,16,22H,5,7,11-13H2,1-2H3/t16-/m0/s1. The fourth-order valence-corrected chi connectivity index (χ4v) is 3.09. The Kier molecular flexibility index (Phi) is 4.90. The molecule has 128 valence electrons. The van der Waals surface area contributed by atoms with Gasteiger partial charge in [0.25, 0.3) is 5.91 Å². The van der Waals surface area contributed by atoms with Crippen molar-refractivity contribution in [3.8, 4) is 5.75 Å². The summed E-state index contributed by atoms with van der Waals surface area (Å²) in [5, 5.41) is 10.1. The van der Waals surface area contributed by atoms with Gasteiger partial charge in [-0.2, -0.15) is 0 Å². The summed E-state index contributed by atoms with van der Waals surface area (Å²) in [4.78, 5) is 14.8. The van der Waals surface area contributed by atoms with Crippen LogP contribution < -0.4 is 0 Å². The first-order chi connectivity index (χ1) is 11.6. The van der Waals surface area contributed by atoms with Gasteiger partial charge >= 0.3 is 0 Å². The molecule has 24 heavy (non-hydrogen) atoms. The number of nitrogens with zero attached hydrogens (tertiary/aromatic N) is 2. The molecule has 0 unspecified atom stereocenters. The molecule has 1 aliphatic rings. The number of ether oxygens (including phenoxy) is 1. The summed E-state index contributed by atoms with van der Waals surface area (Å²) in [6.45, 7) is 3.64. The minimum Gasteiger partial charge on any atom is -0.508 e. The normalized spacial score (nSPS) is 17.2. The van der Waals surface area contributed by atoms with Gasteiger partial charge in [0.1, 0.15) is 11.4 Å². The number of aryl methyl sites for hydroxylation is 1. The molecular formula is C19H24N2O3. The van der Waals surface area contributed by atoms with Crippen LogP contribution in [0.4, 0.5) is 0 Å². The third-order valence-electron chi connectivity index (χ3n) is 4.68. The van der Waals surface area contributed by atoms with E-state index in [0.29, 0.717) is 18.8 Å². The summed E-state index contributed by atoms with van der Waals surface area (Å²) in [5.41, 5.74) is 2.44. The number of aromatic hydroxyl groups is 1. The molecule has 1 amide bonds. The minimum absolute atomic E-state index is 0.0376. The number of carbonyl (C=O) groups excluding carboxylic acids is 1. The second-order valence-electron chi connectivity index (χ2n) is 6.37. The maximum absolute atomic E-state index is 13.1. The molecule has 1 fully saturated rings. The van der Waals surface area contributed by atoms with Gasteiger partial charge in [-0.1, -0.05) is 18.2 Å². The third-order valence-corrected chi connectivity index (χ3v) is 4.68. The summed E-state index contributed by atoms with van der Waals surface area (Å²) in [6, 6.07) is 10.9. The van der Waals surface area contributed by atoms with Crippen molar-refractivity contribution < 1.29 is 14.6 Å². The molecule has 0 bridgehead atoms. The van der Waals surface area contributed by atoms with Gasteiger partial charge in [-0.3, -0.25) is 4.79 Å². The molecule has 1 N–H and O–H groups in total. The highest BCUT2D eigenvalue weighted by molar-refractivity contribution is 5.93. The molecular weight excluding hydrogens is 304 g/mol. The Labute approximate surface area is 142 Å². The molecule has 2 aromatic rings. The van der Waals surface area contributed by atoms with E-state index < -0.39 is 0 Å². The molecule has 5 nitrogen and oxygen atoms in total. The van der Waals surface area contributed by atoms with E-state index in [2.05, 4.69) is 0 Å². The van der Waals surface area contributed by atoms with Crippen molar-refractivity contribution in [2.75, 3.05) is 13.2 Å². The van der Waals surface area contributed by atoms with Crippen LogP contribution in [0.25, 0.3) is 0 Å². The van der Waals surface area contributed by atoms with Gasteiger partial charge in [-0.05, 0) is 38.0 Å². The van der Waals surface area contributed by atoms with Crippen LogP contribution in [0.3, 0.4) is 0 Å². The highest BCUT2D eigenvalue weighted by Gasteiger charge is 2.25. The zero-order valence-electron chi connectivity index (χ0n) is 14.2. The lowest BCUT2D eigenvalue weighted by Gasteiger charge is -2.26. The molecule has 2 heterocycles. The van der Waals surface area contributed by atoms with Gasteiger partial charge in [-0.15, -0.1) is 0 Å². The third kappa shape index (κ3) is 3.46. The maximum atomic E-state index is 13.1. The molecule has 0 radical (unpaired) electrons. The van der Waals surface area contributed by atoms with Crippen LogP contribution in [0.5, 0.6) is 5.75 Å². The number of benzene rings is 1. The molecule has 0 saturated carbocycles. The van der Waals surface area contributed by atoms with Crippen LogP contribution in [0.1, 0.15) is 34.6 Å². The van der Waals surface area contributed by atoms with E-state index in [1.165, 1.54) is 0 Å². The Morgan fingerprint density at radius 2 is 2.12 bits per heavy atom. The van der Waals surface area contributed by atoms with Gasteiger partial charge in [0.15, 0.2) is 0 Å². The van der Waals surface area contributed by atoms with Crippen LogP contribution in [-0.4, -0.2) is 39.7 Å². The van der Waals surface area contributed by atoms with Crippen molar-refractivity contribution in [1.29, 1.82) is 0 Å². The molecule has 1 aliphatic heterocycles. The number of phenolic OH excluding ortho intramolecular Hbond substituents is 1. The molecule has 0 spiro atoms.